The standard InChI is InChI=1S/C12H17NO3S/c1-9-3-4-10(2)12(7-9)17(14,15)13-11-5-6-16-8-11/h3-4,7,11,13H,5-6,8H2,1-2H3. The molecule has 4 nitrogen and oxygen atoms in total. The molecular formula is C12H17NO3S. The lowest BCUT2D eigenvalue weighted by Gasteiger charge is -2.13. The highest BCUT2D eigenvalue weighted by molar-refractivity contribution is 7.89. The van der Waals surface area contributed by atoms with E-state index >= 15 is 0 Å². The van der Waals surface area contributed by atoms with E-state index < -0.39 is 10.0 Å². The van der Waals surface area contributed by atoms with E-state index in [-0.39, 0.29) is 6.04 Å². The first kappa shape index (κ1) is 12.5. The summed E-state index contributed by atoms with van der Waals surface area (Å²) in [6, 6.07) is 5.34. The number of rotatable bonds is 3. The molecule has 1 fully saturated rings. The Hall–Kier alpha value is -0.910. The number of benzene rings is 1. The molecule has 1 N–H and O–H groups in total. The molecule has 0 spiro atoms. The van der Waals surface area contributed by atoms with Crippen molar-refractivity contribution in [1.82, 2.24) is 4.72 Å². The third-order valence-corrected chi connectivity index (χ3v) is 4.55. The molecule has 17 heavy (non-hydrogen) atoms. The predicted octanol–water partition coefficient (Wildman–Crippen LogP) is 1.37. The zero-order valence-corrected chi connectivity index (χ0v) is 10.9. The summed E-state index contributed by atoms with van der Waals surface area (Å²) in [7, 11) is -3.43. The van der Waals surface area contributed by atoms with E-state index in [4.69, 9.17) is 4.74 Å². The zero-order chi connectivity index (χ0) is 12.5. The van der Waals surface area contributed by atoms with Crippen molar-refractivity contribution in [3.63, 3.8) is 0 Å². The molecule has 0 aliphatic carbocycles. The number of hydrogen-bond donors (Lipinski definition) is 1. The van der Waals surface area contributed by atoms with Gasteiger partial charge in [-0.05, 0) is 37.5 Å². The maximum Gasteiger partial charge on any atom is 0.241 e. The third kappa shape index (κ3) is 2.86. The average molecular weight is 255 g/mol. The largest absolute Gasteiger partial charge is 0.380 e. The van der Waals surface area contributed by atoms with Gasteiger partial charge in [-0.3, -0.25) is 0 Å². The Morgan fingerprint density at radius 2 is 2.12 bits per heavy atom. The number of aryl methyl sites for hydroxylation is 2. The molecule has 1 unspecified atom stereocenters. The van der Waals surface area contributed by atoms with Crippen LogP contribution < -0.4 is 4.72 Å². The quantitative estimate of drug-likeness (QED) is 0.887. The molecule has 94 valence electrons. The van der Waals surface area contributed by atoms with E-state index in [2.05, 4.69) is 4.72 Å². The number of nitrogens with one attached hydrogen (secondary N) is 1. The molecule has 1 aromatic rings. The normalized spacial score (nSPS) is 20.7. The number of hydrogen-bond acceptors (Lipinski definition) is 3. The molecule has 1 atom stereocenters. The molecule has 2 rings (SSSR count). The van der Waals surface area contributed by atoms with E-state index in [1.807, 2.05) is 19.1 Å². The Kier molecular flexibility index (Phi) is 3.51. The van der Waals surface area contributed by atoms with Gasteiger partial charge in [0.1, 0.15) is 0 Å². The fraction of sp³-hybridized carbons (Fsp3) is 0.500. The van der Waals surface area contributed by atoms with Gasteiger partial charge >= 0.3 is 0 Å². The summed E-state index contributed by atoms with van der Waals surface area (Å²) in [4.78, 5) is 0.365. The Labute approximate surface area is 102 Å². The van der Waals surface area contributed by atoms with Crippen LogP contribution in [0, 0.1) is 13.8 Å². The summed E-state index contributed by atoms with van der Waals surface area (Å²) in [5.41, 5.74) is 1.71. The highest BCUT2D eigenvalue weighted by atomic mass is 32.2. The summed E-state index contributed by atoms with van der Waals surface area (Å²) < 4.78 is 32.2. The molecule has 1 aliphatic rings. The molecule has 5 heteroatoms. The Balaban J connectivity index is 2.27. The zero-order valence-electron chi connectivity index (χ0n) is 10.1. The van der Waals surface area contributed by atoms with Crippen molar-refractivity contribution in [1.29, 1.82) is 0 Å². The average Bonchev–Trinajstić information content (AvgIpc) is 2.73. The van der Waals surface area contributed by atoms with Crippen LogP contribution in [-0.4, -0.2) is 27.7 Å². The Morgan fingerprint density at radius 1 is 1.35 bits per heavy atom. The van der Waals surface area contributed by atoms with Gasteiger partial charge in [0.2, 0.25) is 10.0 Å². The van der Waals surface area contributed by atoms with Gasteiger partial charge < -0.3 is 4.74 Å². The van der Waals surface area contributed by atoms with Crippen molar-refractivity contribution in [2.45, 2.75) is 31.2 Å². The summed E-state index contributed by atoms with van der Waals surface area (Å²) in [6.07, 6.45) is 0.740. The van der Waals surface area contributed by atoms with Crippen LogP contribution >= 0.6 is 0 Å². The second-order valence-corrected chi connectivity index (χ2v) is 6.13. The first-order chi connectivity index (χ1) is 7.99. The number of sulfonamides is 1. The smallest absolute Gasteiger partial charge is 0.241 e. The summed E-state index contributed by atoms with van der Waals surface area (Å²) >= 11 is 0. The van der Waals surface area contributed by atoms with Gasteiger partial charge in [-0.15, -0.1) is 0 Å². The SMILES string of the molecule is Cc1ccc(C)c(S(=O)(=O)NC2CCOC2)c1. The lowest BCUT2D eigenvalue weighted by Crippen LogP contribution is -2.35. The van der Waals surface area contributed by atoms with Crippen molar-refractivity contribution in [3.8, 4) is 0 Å². The van der Waals surface area contributed by atoms with Crippen LogP contribution in [0.25, 0.3) is 0 Å². The molecule has 0 bridgehead atoms. The molecular weight excluding hydrogens is 238 g/mol. The molecule has 0 aromatic heterocycles. The Morgan fingerprint density at radius 3 is 2.76 bits per heavy atom. The molecule has 0 amide bonds. The second kappa shape index (κ2) is 4.76. The molecule has 1 saturated heterocycles. The van der Waals surface area contributed by atoms with E-state index in [0.717, 1.165) is 17.5 Å². The fourth-order valence-electron chi connectivity index (χ4n) is 1.91. The van der Waals surface area contributed by atoms with Crippen LogP contribution in [0.2, 0.25) is 0 Å². The van der Waals surface area contributed by atoms with E-state index in [1.165, 1.54) is 0 Å². The van der Waals surface area contributed by atoms with Gasteiger partial charge in [0.05, 0.1) is 11.5 Å². The van der Waals surface area contributed by atoms with Crippen molar-refractivity contribution in [3.05, 3.63) is 29.3 Å². The van der Waals surface area contributed by atoms with E-state index in [9.17, 15) is 8.42 Å². The van der Waals surface area contributed by atoms with Crippen molar-refractivity contribution < 1.29 is 13.2 Å². The van der Waals surface area contributed by atoms with Crippen LogP contribution in [0.3, 0.4) is 0 Å². The predicted molar refractivity (Wildman–Crippen MR) is 65.5 cm³/mol. The monoisotopic (exact) mass is 255 g/mol. The first-order valence-corrected chi connectivity index (χ1v) is 7.15. The van der Waals surface area contributed by atoms with Crippen LogP contribution in [0.5, 0.6) is 0 Å². The maximum absolute atomic E-state index is 12.2. The van der Waals surface area contributed by atoms with Crippen LogP contribution in [0.4, 0.5) is 0 Å². The maximum atomic E-state index is 12.2. The van der Waals surface area contributed by atoms with Crippen LogP contribution in [-0.2, 0) is 14.8 Å². The van der Waals surface area contributed by atoms with Gasteiger partial charge in [-0.1, -0.05) is 12.1 Å². The molecule has 1 aromatic carbocycles. The van der Waals surface area contributed by atoms with E-state index in [1.54, 1.807) is 13.0 Å². The number of ether oxygens (including phenoxy) is 1. The third-order valence-electron chi connectivity index (χ3n) is 2.88. The van der Waals surface area contributed by atoms with Gasteiger partial charge in [0, 0.05) is 12.6 Å². The molecule has 1 heterocycles. The second-order valence-electron chi connectivity index (χ2n) is 4.45. The first-order valence-electron chi connectivity index (χ1n) is 5.66. The van der Waals surface area contributed by atoms with Crippen LogP contribution in [0.1, 0.15) is 17.5 Å². The summed E-state index contributed by atoms with van der Waals surface area (Å²) in [5.74, 6) is 0. The Bertz CT molecular complexity index is 504. The topological polar surface area (TPSA) is 55.4 Å². The summed E-state index contributed by atoms with van der Waals surface area (Å²) in [5, 5.41) is 0. The minimum Gasteiger partial charge on any atom is -0.380 e. The highest BCUT2D eigenvalue weighted by Crippen LogP contribution is 2.18. The van der Waals surface area contributed by atoms with Crippen molar-refractivity contribution >= 4 is 10.0 Å². The molecule has 1 aliphatic heterocycles. The minimum absolute atomic E-state index is 0.0973. The van der Waals surface area contributed by atoms with Crippen molar-refractivity contribution in [2.75, 3.05) is 13.2 Å². The van der Waals surface area contributed by atoms with Gasteiger partial charge in [-0.25, -0.2) is 13.1 Å². The summed E-state index contributed by atoms with van der Waals surface area (Å²) in [6.45, 7) is 4.78. The lowest BCUT2D eigenvalue weighted by atomic mass is 10.2. The van der Waals surface area contributed by atoms with Gasteiger partial charge in [0.25, 0.3) is 0 Å². The van der Waals surface area contributed by atoms with Crippen molar-refractivity contribution in [2.24, 2.45) is 0 Å². The minimum atomic E-state index is -3.43. The van der Waals surface area contributed by atoms with Gasteiger partial charge in [-0.2, -0.15) is 0 Å². The molecule has 0 saturated carbocycles. The molecule has 0 radical (unpaired) electrons. The highest BCUT2D eigenvalue weighted by Gasteiger charge is 2.24. The van der Waals surface area contributed by atoms with Crippen LogP contribution in [0.15, 0.2) is 23.1 Å². The van der Waals surface area contributed by atoms with E-state index in [0.29, 0.717) is 18.1 Å². The van der Waals surface area contributed by atoms with Gasteiger partial charge in [0.15, 0.2) is 0 Å². The lowest BCUT2D eigenvalue weighted by molar-refractivity contribution is 0.192. The fourth-order valence-corrected chi connectivity index (χ4v) is 3.49.